The van der Waals surface area contributed by atoms with Gasteiger partial charge in [0.1, 0.15) is 0 Å². The van der Waals surface area contributed by atoms with Crippen molar-refractivity contribution in [2.45, 2.75) is 45.7 Å². The van der Waals surface area contributed by atoms with Crippen molar-refractivity contribution in [1.82, 2.24) is 14.6 Å². The summed E-state index contributed by atoms with van der Waals surface area (Å²) in [5, 5.41) is 20.0. The van der Waals surface area contributed by atoms with Crippen molar-refractivity contribution in [3.05, 3.63) is 53.9 Å². The van der Waals surface area contributed by atoms with Crippen LogP contribution in [-0.2, 0) is 17.9 Å². The van der Waals surface area contributed by atoms with Crippen molar-refractivity contribution >= 4 is 22.9 Å². The van der Waals surface area contributed by atoms with E-state index < -0.39 is 12.0 Å². The van der Waals surface area contributed by atoms with Gasteiger partial charge in [0.05, 0.1) is 12.2 Å². The van der Waals surface area contributed by atoms with Crippen LogP contribution in [0.4, 0.5) is 4.79 Å². The van der Waals surface area contributed by atoms with Crippen LogP contribution in [0.3, 0.4) is 0 Å². The molecular formula is C22H26N4O4. The first-order chi connectivity index (χ1) is 14.4. The number of aryl methyl sites for hydroxylation is 2. The van der Waals surface area contributed by atoms with Gasteiger partial charge in [0, 0.05) is 41.8 Å². The van der Waals surface area contributed by atoms with Crippen molar-refractivity contribution in [3.63, 3.8) is 0 Å². The molecule has 2 heterocycles. The molecule has 0 unspecified atom stereocenters. The first-order valence-electron chi connectivity index (χ1n) is 9.88. The Morgan fingerprint density at radius 3 is 2.67 bits per heavy atom. The first-order valence-corrected chi connectivity index (χ1v) is 9.88. The molecule has 8 heteroatoms. The second-order valence-electron chi connectivity index (χ2n) is 7.32. The number of aromatic nitrogens is 2. The minimum absolute atomic E-state index is 0.00725. The predicted molar refractivity (Wildman–Crippen MR) is 113 cm³/mol. The molecule has 0 fully saturated rings. The summed E-state index contributed by atoms with van der Waals surface area (Å²) in [6, 6.07) is 8.80. The molecule has 4 N–H and O–H groups in total. The molecule has 0 saturated heterocycles. The molecule has 2 aromatic heterocycles. The third-order valence-electron chi connectivity index (χ3n) is 5.17. The zero-order chi connectivity index (χ0) is 21.7. The van der Waals surface area contributed by atoms with Crippen molar-refractivity contribution < 1.29 is 19.9 Å². The maximum atomic E-state index is 11.1. The molecule has 8 nitrogen and oxygen atoms in total. The number of primary amides is 1. The Labute approximate surface area is 174 Å². The van der Waals surface area contributed by atoms with Gasteiger partial charge in [-0.25, -0.2) is 9.86 Å². The number of unbranched alkanes of at least 4 members (excludes halogenated alkanes) is 2. The number of hydroxylamine groups is 2. The number of pyridine rings is 1. The second-order valence-corrected chi connectivity index (χ2v) is 7.32. The number of fused-ring (bicyclic) bond motifs is 1. The Balaban J connectivity index is 1.96. The van der Waals surface area contributed by atoms with E-state index >= 15 is 0 Å². The minimum Gasteiger partial charge on any atom is -0.481 e. The topological polar surface area (TPSA) is 122 Å². The molecule has 0 spiro atoms. The lowest BCUT2D eigenvalue weighted by Crippen LogP contribution is -2.31. The number of hydrogen-bond acceptors (Lipinski definition) is 4. The number of aliphatic carboxylic acids is 1. The van der Waals surface area contributed by atoms with Crippen molar-refractivity contribution in [3.8, 4) is 11.3 Å². The van der Waals surface area contributed by atoms with E-state index in [0.717, 1.165) is 52.7 Å². The highest BCUT2D eigenvalue weighted by Gasteiger charge is 2.17. The van der Waals surface area contributed by atoms with Gasteiger partial charge in [-0.05, 0) is 55.2 Å². The molecule has 158 valence electrons. The molecule has 0 bridgehead atoms. The van der Waals surface area contributed by atoms with Crippen molar-refractivity contribution in [2.24, 2.45) is 5.73 Å². The van der Waals surface area contributed by atoms with Crippen LogP contribution in [0.2, 0.25) is 0 Å². The van der Waals surface area contributed by atoms with Crippen LogP contribution in [0, 0.1) is 6.92 Å². The summed E-state index contributed by atoms with van der Waals surface area (Å²) in [7, 11) is 0. The molecular weight excluding hydrogens is 384 g/mol. The highest BCUT2D eigenvalue weighted by atomic mass is 16.5. The van der Waals surface area contributed by atoms with Crippen molar-refractivity contribution in [2.75, 3.05) is 0 Å². The number of carbonyl (C=O) groups is 2. The van der Waals surface area contributed by atoms with Crippen molar-refractivity contribution in [1.29, 1.82) is 0 Å². The summed E-state index contributed by atoms with van der Waals surface area (Å²) in [6.07, 6.45) is 6.08. The van der Waals surface area contributed by atoms with Gasteiger partial charge in [-0.15, -0.1) is 0 Å². The summed E-state index contributed by atoms with van der Waals surface area (Å²) in [5.41, 5.74) is 10.1. The van der Waals surface area contributed by atoms with E-state index in [1.54, 1.807) is 6.20 Å². The van der Waals surface area contributed by atoms with E-state index in [1.165, 1.54) is 0 Å². The molecule has 0 radical (unpaired) electrons. The number of carboxylic acid groups (broad SMARTS) is 1. The Morgan fingerprint density at radius 2 is 2.00 bits per heavy atom. The number of hydrogen-bond donors (Lipinski definition) is 3. The molecule has 0 aliphatic carbocycles. The third-order valence-corrected chi connectivity index (χ3v) is 5.17. The number of benzene rings is 1. The number of amides is 2. The molecule has 3 rings (SSSR count). The zero-order valence-corrected chi connectivity index (χ0v) is 16.9. The molecule has 30 heavy (non-hydrogen) atoms. The van der Waals surface area contributed by atoms with Gasteiger partial charge >= 0.3 is 12.0 Å². The predicted octanol–water partition coefficient (Wildman–Crippen LogP) is 3.93. The first kappa shape index (κ1) is 21.3. The van der Waals surface area contributed by atoms with Gasteiger partial charge in [0.15, 0.2) is 0 Å². The van der Waals surface area contributed by atoms with E-state index in [0.29, 0.717) is 11.5 Å². The molecule has 0 saturated carbocycles. The van der Waals surface area contributed by atoms with E-state index in [1.807, 2.05) is 43.5 Å². The van der Waals surface area contributed by atoms with Crippen LogP contribution in [0.15, 0.2) is 42.7 Å². The fourth-order valence-corrected chi connectivity index (χ4v) is 3.75. The number of carbonyl (C=O) groups excluding carboxylic acids is 1. The van der Waals surface area contributed by atoms with Crippen LogP contribution in [0.1, 0.15) is 36.8 Å². The molecule has 2 amide bonds. The normalized spacial score (nSPS) is 11.0. The van der Waals surface area contributed by atoms with Gasteiger partial charge in [-0.3, -0.25) is 15.0 Å². The zero-order valence-electron chi connectivity index (χ0n) is 16.9. The quantitative estimate of drug-likeness (QED) is 0.280. The monoisotopic (exact) mass is 410 g/mol. The lowest BCUT2D eigenvalue weighted by molar-refractivity contribution is -0.137. The van der Waals surface area contributed by atoms with Gasteiger partial charge < -0.3 is 15.4 Å². The van der Waals surface area contributed by atoms with Gasteiger partial charge in [-0.2, -0.15) is 0 Å². The number of urea groups is 1. The highest BCUT2D eigenvalue weighted by molar-refractivity contribution is 5.92. The van der Waals surface area contributed by atoms with Crippen LogP contribution < -0.4 is 5.73 Å². The summed E-state index contributed by atoms with van der Waals surface area (Å²) in [6.45, 7) is 2.80. The Morgan fingerprint density at radius 1 is 1.20 bits per heavy atom. The number of carboxylic acids is 1. The van der Waals surface area contributed by atoms with E-state index in [2.05, 4.69) is 9.55 Å². The smallest absolute Gasteiger partial charge is 0.338 e. The fraction of sp³-hybridized carbons (Fsp3) is 0.318. The average molecular weight is 410 g/mol. The summed E-state index contributed by atoms with van der Waals surface area (Å²) >= 11 is 0. The maximum absolute atomic E-state index is 11.1. The molecule has 0 aliphatic heterocycles. The van der Waals surface area contributed by atoms with E-state index in [9.17, 15) is 14.8 Å². The minimum atomic E-state index is -0.901. The average Bonchev–Trinajstić information content (AvgIpc) is 2.99. The molecule has 0 aliphatic rings. The summed E-state index contributed by atoms with van der Waals surface area (Å²) in [4.78, 5) is 26.1. The maximum Gasteiger partial charge on any atom is 0.338 e. The van der Waals surface area contributed by atoms with Gasteiger partial charge in [0.25, 0.3) is 0 Å². The van der Waals surface area contributed by atoms with Crippen LogP contribution >= 0.6 is 0 Å². The number of rotatable bonds is 9. The second kappa shape index (κ2) is 9.41. The Kier molecular flexibility index (Phi) is 6.68. The highest BCUT2D eigenvalue weighted by Crippen LogP contribution is 2.34. The summed E-state index contributed by atoms with van der Waals surface area (Å²) in [5.74, 6) is -0.769. The summed E-state index contributed by atoms with van der Waals surface area (Å²) < 4.78 is 2.23. The fourth-order valence-electron chi connectivity index (χ4n) is 3.75. The lowest BCUT2D eigenvalue weighted by Gasteiger charge is -2.13. The largest absolute Gasteiger partial charge is 0.481 e. The van der Waals surface area contributed by atoms with Crippen LogP contribution in [-0.4, -0.2) is 36.9 Å². The Bertz CT molecular complexity index is 1050. The van der Waals surface area contributed by atoms with Crippen LogP contribution in [0.5, 0.6) is 0 Å². The molecule has 1 aromatic carbocycles. The van der Waals surface area contributed by atoms with Gasteiger partial charge in [-0.1, -0.05) is 12.5 Å². The lowest BCUT2D eigenvalue weighted by atomic mass is 10.1. The number of nitrogens with zero attached hydrogens (tertiary/aromatic N) is 3. The standard InChI is InChI=1S/C22H26N4O4/c1-15-18-12-16(14-26(30)22(23)29)8-9-19(18)25(11-4-2-3-7-20(27)28)21(15)17-6-5-10-24-13-17/h5-6,8-10,12-13,30H,2-4,7,11,14H2,1H3,(H2,23,29)(H,27,28). The third kappa shape index (κ3) is 4.77. The molecule has 0 atom stereocenters. The van der Waals surface area contributed by atoms with Crippen LogP contribution in [0.25, 0.3) is 22.2 Å². The SMILES string of the molecule is Cc1c(-c2cccnc2)n(CCCCCC(=O)O)c2ccc(CN(O)C(N)=O)cc12. The van der Waals surface area contributed by atoms with E-state index in [-0.39, 0.29) is 13.0 Å². The Hall–Kier alpha value is -3.39. The molecule has 3 aromatic rings. The van der Waals surface area contributed by atoms with Gasteiger partial charge in [0.2, 0.25) is 0 Å². The number of nitrogens with two attached hydrogens (primary N) is 1. The van der Waals surface area contributed by atoms with E-state index in [4.69, 9.17) is 10.8 Å².